The summed E-state index contributed by atoms with van der Waals surface area (Å²) in [4.78, 5) is 32.8. The maximum absolute atomic E-state index is 11.9. The van der Waals surface area contributed by atoms with Crippen LogP contribution in [0.25, 0.3) is 0 Å². The first kappa shape index (κ1) is 13.8. The van der Waals surface area contributed by atoms with Gasteiger partial charge in [0.05, 0.1) is 4.92 Å². The summed E-state index contributed by atoms with van der Waals surface area (Å²) in [5, 5.41) is 10.8. The van der Waals surface area contributed by atoms with E-state index in [1.807, 2.05) is 0 Å². The van der Waals surface area contributed by atoms with Crippen molar-refractivity contribution < 1.29 is 19.2 Å². The van der Waals surface area contributed by atoms with Crippen molar-refractivity contribution in [2.45, 2.75) is 26.4 Å². The fourth-order valence-corrected chi connectivity index (χ4v) is 1.36. The van der Waals surface area contributed by atoms with Crippen molar-refractivity contribution in [1.82, 2.24) is 0 Å². The van der Waals surface area contributed by atoms with Gasteiger partial charge >= 0.3 is 5.97 Å². The van der Waals surface area contributed by atoms with Crippen molar-refractivity contribution in [3.63, 3.8) is 0 Å². The number of carbonyl (C=O) groups is 2. The van der Waals surface area contributed by atoms with Gasteiger partial charge in [-0.2, -0.15) is 0 Å². The number of esters is 1. The summed E-state index contributed by atoms with van der Waals surface area (Å²) in [7, 11) is 0. The molecule has 0 aliphatic carbocycles. The third-order valence-corrected chi connectivity index (χ3v) is 2.00. The number of hydrogen-bond donors (Lipinski definition) is 0. The van der Waals surface area contributed by atoms with Crippen molar-refractivity contribution in [2.75, 3.05) is 0 Å². The highest BCUT2D eigenvalue weighted by Crippen LogP contribution is 2.24. The lowest BCUT2D eigenvalue weighted by Crippen LogP contribution is -2.25. The zero-order valence-corrected chi connectivity index (χ0v) is 10.3. The van der Waals surface area contributed by atoms with E-state index in [4.69, 9.17) is 4.74 Å². The summed E-state index contributed by atoms with van der Waals surface area (Å²) in [6.45, 7) is 4.92. The molecule has 18 heavy (non-hydrogen) atoms. The second-order valence-corrected chi connectivity index (χ2v) is 4.62. The van der Waals surface area contributed by atoms with E-state index >= 15 is 0 Å². The molecule has 0 saturated heterocycles. The number of carbonyl (C=O) groups excluding carboxylic acids is 2. The summed E-state index contributed by atoms with van der Waals surface area (Å²) in [5.41, 5.74) is -1.60. The first-order valence-electron chi connectivity index (χ1n) is 5.22. The van der Waals surface area contributed by atoms with Gasteiger partial charge in [0.25, 0.3) is 5.69 Å². The fourth-order valence-electron chi connectivity index (χ4n) is 1.36. The van der Waals surface area contributed by atoms with Gasteiger partial charge in [0, 0.05) is 11.6 Å². The molecule has 6 nitrogen and oxygen atoms in total. The van der Waals surface area contributed by atoms with Gasteiger partial charge in [-0.15, -0.1) is 0 Å². The molecule has 0 fully saturated rings. The maximum atomic E-state index is 11.9. The van der Waals surface area contributed by atoms with Crippen LogP contribution in [0.3, 0.4) is 0 Å². The van der Waals surface area contributed by atoms with E-state index in [2.05, 4.69) is 0 Å². The predicted molar refractivity (Wildman–Crippen MR) is 63.7 cm³/mol. The van der Waals surface area contributed by atoms with E-state index in [1.54, 1.807) is 20.8 Å². The first-order valence-corrected chi connectivity index (χ1v) is 5.22. The van der Waals surface area contributed by atoms with E-state index in [-0.39, 0.29) is 11.1 Å². The minimum Gasteiger partial charge on any atom is -0.456 e. The monoisotopic (exact) mass is 251 g/mol. The van der Waals surface area contributed by atoms with Gasteiger partial charge in [-0.1, -0.05) is 12.1 Å². The summed E-state index contributed by atoms with van der Waals surface area (Å²) < 4.78 is 5.05. The highest BCUT2D eigenvalue weighted by atomic mass is 16.6. The first-order chi connectivity index (χ1) is 8.26. The molecule has 0 amide bonds. The zero-order valence-electron chi connectivity index (χ0n) is 10.3. The smallest absolute Gasteiger partial charge is 0.346 e. The SMILES string of the molecule is CC(C)(C)OC(=O)c1c(C=O)cccc1[N+](=O)[O-]. The average Bonchev–Trinajstić information content (AvgIpc) is 2.25. The Morgan fingerprint density at radius 2 is 2.00 bits per heavy atom. The second-order valence-electron chi connectivity index (χ2n) is 4.62. The van der Waals surface area contributed by atoms with E-state index in [1.165, 1.54) is 12.1 Å². The lowest BCUT2D eigenvalue weighted by atomic mass is 10.1. The van der Waals surface area contributed by atoms with Crippen LogP contribution in [0.5, 0.6) is 0 Å². The number of nitrogens with zero attached hydrogens (tertiary/aromatic N) is 1. The largest absolute Gasteiger partial charge is 0.456 e. The van der Waals surface area contributed by atoms with Crippen molar-refractivity contribution in [3.8, 4) is 0 Å². The zero-order chi connectivity index (χ0) is 13.9. The molecule has 0 aromatic heterocycles. The number of nitro groups is 1. The van der Waals surface area contributed by atoms with Crippen LogP contribution in [-0.4, -0.2) is 22.8 Å². The Morgan fingerprint density at radius 3 is 2.44 bits per heavy atom. The molecular formula is C12H13NO5. The Bertz CT molecular complexity index is 502. The van der Waals surface area contributed by atoms with Gasteiger partial charge in [0.2, 0.25) is 0 Å². The van der Waals surface area contributed by atoms with Crippen molar-refractivity contribution in [1.29, 1.82) is 0 Å². The van der Waals surface area contributed by atoms with Gasteiger partial charge in [0.1, 0.15) is 11.2 Å². The van der Waals surface area contributed by atoms with Gasteiger partial charge in [-0.05, 0) is 20.8 Å². The van der Waals surface area contributed by atoms with Gasteiger partial charge in [-0.25, -0.2) is 4.79 Å². The Morgan fingerprint density at radius 1 is 1.39 bits per heavy atom. The van der Waals surface area contributed by atoms with E-state index in [9.17, 15) is 19.7 Å². The number of rotatable bonds is 3. The van der Waals surface area contributed by atoms with Crippen LogP contribution in [0, 0.1) is 10.1 Å². The normalized spacial score (nSPS) is 10.8. The topological polar surface area (TPSA) is 86.5 Å². The summed E-state index contributed by atoms with van der Waals surface area (Å²) in [6, 6.07) is 3.83. The minimum atomic E-state index is -0.878. The fraction of sp³-hybridized carbons (Fsp3) is 0.333. The summed E-state index contributed by atoms with van der Waals surface area (Å²) in [6.07, 6.45) is 0.395. The Hall–Kier alpha value is -2.24. The number of ether oxygens (including phenoxy) is 1. The van der Waals surface area contributed by atoms with E-state index < -0.39 is 22.2 Å². The Labute approximate surface area is 104 Å². The quantitative estimate of drug-likeness (QED) is 0.356. The molecule has 0 N–H and O–H groups in total. The summed E-state index contributed by atoms with van der Waals surface area (Å²) >= 11 is 0. The molecule has 6 heteroatoms. The van der Waals surface area contributed by atoms with Crippen molar-refractivity contribution in [3.05, 3.63) is 39.4 Å². The molecule has 0 heterocycles. The standard InChI is InChI=1S/C12H13NO5/c1-12(2,3)18-11(15)10-8(7-14)5-4-6-9(10)13(16)17/h4-7H,1-3H3. The number of benzene rings is 1. The minimum absolute atomic E-state index is 0.0570. The van der Waals surface area contributed by atoms with Crippen LogP contribution in [0.15, 0.2) is 18.2 Å². The van der Waals surface area contributed by atoms with Gasteiger partial charge < -0.3 is 4.74 Å². The molecule has 0 spiro atoms. The van der Waals surface area contributed by atoms with E-state index in [0.717, 1.165) is 6.07 Å². The molecule has 0 saturated carbocycles. The molecule has 0 aliphatic rings. The molecule has 1 aromatic rings. The molecule has 1 aromatic carbocycles. The molecule has 0 aliphatic heterocycles. The third-order valence-electron chi connectivity index (χ3n) is 2.00. The van der Waals surface area contributed by atoms with Crippen LogP contribution in [0.2, 0.25) is 0 Å². The molecule has 0 radical (unpaired) electrons. The van der Waals surface area contributed by atoms with Crippen molar-refractivity contribution >= 4 is 17.9 Å². The van der Waals surface area contributed by atoms with Crippen LogP contribution in [-0.2, 0) is 4.74 Å². The van der Waals surface area contributed by atoms with Crippen LogP contribution in [0.1, 0.15) is 41.5 Å². The molecule has 0 bridgehead atoms. The van der Waals surface area contributed by atoms with Crippen LogP contribution < -0.4 is 0 Å². The van der Waals surface area contributed by atoms with Crippen LogP contribution in [0.4, 0.5) is 5.69 Å². The molecule has 1 rings (SSSR count). The van der Waals surface area contributed by atoms with Gasteiger partial charge in [-0.3, -0.25) is 14.9 Å². The van der Waals surface area contributed by atoms with Crippen molar-refractivity contribution in [2.24, 2.45) is 0 Å². The highest BCUT2D eigenvalue weighted by molar-refractivity contribution is 6.02. The molecule has 96 valence electrons. The molecular weight excluding hydrogens is 238 g/mol. The van der Waals surface area contributed by atoms with Crippen LogP contribution >= 0.6 is 0 Å². The number of hydrogen-bond acceptors (Lipinski definition) is 5. The summed E-state index contributed by atoms with van der Waals surface area (Å²) in [5.74, 6) is -0.878. The number of aldehydes is 1. The maximum Gasteiger partial charge on any atom is 0.346 e. The molecule has 0 unspecified atom stereocenters. The Kier molecular flexibility index (Phi) is 3.80. The molecule has 0 atom stereocenters. The highest BCUT2D eigenvalue weighted by Gasteiger charge is 2.28. The lowest BCUT2D eigenvalue weighted by Gasteiger charge is -2.19. The lowest BCUT2D eigenvalue weighted by molar-refractivity contribution is -0.385. The average molecular weight is 251 g/mol. The Balaban J connectivity index is 3.32. The van der Waals surface area contributed by atoms with E-state index in [0.29, 0.717) is 6.29 Å². The third kappa shape index (κ3) is 3.13. The second kappa shape index (κ2) is 4.95. The predicted octanol–water partition coefficient (Wildman–Crippen LogP) is 2.36. The van der Waals surface area contributed by atoms with Gasteiger partial charge in [0.15, 0.2) is 6.29 Å². The number of nitro benzene ring substituents is 1.